The molecule has 0 saturated heterocycles. The lowest BCUT2D eigenvalue weighted by molar-refractivity contribution is -0.113. The highest BCUT2D eigenvalue weighted by Gasteiger charge is 2.06. The van der Waals surface area contributed by atoms with Crippen molar-refractivity contribution < 1.29 is 9.21 Å². The van der Waals surface area contributed by atoms with Crippen LogP contribution in [0.15, 0.2) is 51.7 Å². The van der Waals surface area contributed by atoms with Gasteiger partial charge in [0.15, 0.2) is 5.58 Å². The summed E-state index contributed by atoms with van der Waals surface area (Å²) in [6, 6.07) is 13.3. The minimum Gasteiger partial charge on any atom is -0.408 e. The lowest BCUT2D eigenvalue weighted by Gasteiger charge is -2.05. The second-order valence-corrected chi connectivity index (χ2v) is 6.24. The fourth-order valence-corrected chi connectivity index (χ4v) is 3.07. The summed E-state index contributed by atoms with van der Waals surface area (Å²) in [6.07, 6.45) is 0. The Hall–Kier alpha value is -2.47. The zero-order valence-corrected chi connectivity index (χ0v) is 13.4. The molecule has 3 aromatic rings. The molecule has 1 heterocycles. The first kappa shape index (κ1) is 15.4. The van der Waals surface area contributed by atoms with Crippen LogP contribution in [0, 0.1) is 6.92 Å². The van der Waals surface area contributed by atoms with Gasteiger partial charge in [-0.05, 0) is 30.7 Å². The summed E-state index contributed by atoms with van der Waals surface area (Å²) in [5, 5.41) is 2.82. The lowest BCUT2D eigenvalue weighted by Crippen LogP contribution is -2.14. The van der Waals surface area contributed by atoms with Gasteiger partial charge in [-0.25, -0.2) is 4.79 Å². The molecule has 118 valence electrons. The number of H-pyrrole nitrogens is 1. The third-order valence-electron chi connectivity index (χ3n) is 3.29. The van der Waals surface area contributed by atoms with Gasteiger partial charge in [-0.2, -0.15) is 0 Å². The molecule has 0 fully saturated rings. The van der Waals surface area contributed by atoms with Crippen molar-refractivity contribution in [3.63, 3.8) is 0 Å². The maximum absolute atomic E-state index is 12.0. The number of hydrogen-bond donors (Lipinski definition) is 2. The molecule has 0 aliphatic carbocycles. The van der Waals surface area contributed by atoms with Crippen LogP contribution in [0.5, 0.6) is 0 Å². The topological polar surface area (TPSA) is 75.1 Å². The van der Waals surface area contributed by atoms with Crippen LogP contribution < -0.4 is 11.1 Å². The van der Waals surface area contributed by atoms with E-state index in [0.29, 0.717) is 22.5 Å². The molecule has 0 unspecified atom stereocenters. The molecule has 1 amide bonds. The van der Waals surface area contributed by atoms with Crippen LogP contribution in [0.4, 0.5) is 5.69 Å². The molecular formula is C17H16N2O3S. The molecule has 0 spiro atoms. The fraction of sp³-hybridized carbons (Fsp3) is 0.176. The molecule has 23 heavy (non-hydrogen) atoms. The number of anilines is 1. The number of benzene rings is 2. The summed E-state index contributed by atoms with van der Waals surface area (Å²) in [5.41, 5.74) is 4.10. The van der Waals surface area contributed by atoms with Gasteiger partial charge in [0.05, 0.1) is 11.3 Å². The van der Waals surface area contributed by atoms with E-state index in [9.17, 15) is 9.59 Å². The van der Waals surface area contributed by atoms with E-state index in [-0.39, 0.29) is 5.91 Å². The van der Waals surface area contributed by atoms with E-state index in [0.717, 1.165) is 5.75 Å². The number of fused-ring (bicyclic) bond motifs is 1. The molecule has 0 radical (unpaired) electrons. The maximum atomic E-state index is 12.0. The van der Waals surface area contributed by atoms with Gasteiger partial charge in [0.1, 0.15) is 0 Å². The molecular weight excluding hydrogens is 312 g/mol. The SMILES string of the molecule is Cc1cccc(CSCC(=O)Nc2ccc3oc(=O)[nH]c3c2)c1. The standard InChI is InChI=1S/C17H16N2O3S/c1-11-3-2-4-12(7-11)9-23-10-16(20)18-13-5-6-15-14(8-13)19-17(21)22-15/h2-8H,9-10H2,1H3,(H,18,20)(H,19,21). The number of oxazole rings is 1. The van der Waals surface area contributed by atoms with Crippen molar-refractivity contribution in [3.8, 4) is 0 Å². The Kier molecular flexibility index (Phi) is 4.52. The number of aromatic nitrogens is 1. The number of thioether (sulfide) groups is 1. The van der Waals surface area contributed by atoms with Crippen LogP contribution in [0.3, 0.4) is 0 Å². The lowest BCUT2D eigenvalue weighted by atomic mass is 10.2. The van der Waals surface area contributed by atoms with Gasteiger partial charge in [-0.3, -0.25) is 9.78 Å². The van der Waals surface area contributed by atoms with Gasteiger partial charge in [-0.1, -0.05) is 29.8 Å². The van der Waals surface area contributed by atoms with E-state index in [4.69, 9.17) is 4.42 Å². The van der Waals surface area contributed by atoms with E-state index in [1.807, 2.05) is 6.07 Å². The van der Waals surface area contributed by atoms with E-state index >= 15 is 0 Å². The minimum absolute atomic E-state index is 0.0761. The Morgan fingerprint density at radius 1 is 1.26 bits per heavy atom. The molecule has 0 aliphatic rings. The highest BCUT2D eigenvalue weighted by atomic mass is 32.2. The largest absolute Gasteiger partial charge is 0.417 e. The van der Waals surface area contributed by atoms with Crippen molar-refractivity contribution in [2.24, 2.45) is 0 Å². The second kappa shape index (κ2) is 6.75. The van der Waals surface area contributed by atoms with E-state index < -0.39 is 5.76 Å². The first-order chi connectivity index (χ1) is 11.1. The van der Waals surface area contributed by atoms with Gasteiger partial charge in [0.25, 0.3) is 0 Å². The number of hydrogen-bond acceptors (Lipinski definition) is 4. The van der Waals surface area contributed by atoms with Crippen LogP contribution in [-0.4, -0.2) is 16.6 Å². The van der Waals surface area contributed by atoms with Crippen LogP contribution in [-0.2, 0) is 10.5 Å². The predicted octanol–water partition coefficient (Wildman–Crippen LogP) is 3.30. The van der Waals surface area contributed by atoms with Crippen LogP contribution in [0.2, 0.25) is 0 Å². The summed E-state index contributed by atoms with van der Waals surface area (Å²) in [7, 11) is 0. The number of amides is 1. The molecule has 1 aromatic heterocycles. The fourth-order valence-electron chi connectivity index (χ4n) is 2.29. The van der Waals surface area contributed by atoms with Crippen LogP contribution in [0.25, 0.3) is 11.1 Å². The van der Waals surface area contributed by atoms with Crippen molar-refractivity contribution in [2.45, 2.75) is 12.7 Å². The first-order valence-electron chi connectivity index (χ1n) is 7.16. The van der Waals surface area contributed by atoms with Crippen molar-refractivity contribution >= 4 is 34.5 Å². The van der Waals surface area contributed by atoms with Gasteiger partial charge in [0.2, 0.25) is 5.91 Å². The summed E-state index contributed by atoms with van der Waals surface area (Å²) in [5.74, 6) is 0.585. The van der Waals surface area contributed by atoms with Crippen molar-refractivity contribution in [1.29, 1.82) is 0 Å². The quantitative estimate of drug-likeness (QED) is 0.753. The van der Waals surface area contributed by atoms with Gasteiger partial charge in [0, 0.05) is 11.4 Å². The van der Waals surface area contributed by atoms with Gasteiger partial charge >= 0.3 is 5.76 Å². The molecule has 3 rings (SSSR count). The summed E-state index contributed by atoms with van der Waals surface area (Å²) in [6.45, 7) is 2.05. The number of nitrogens with one attached hydrogen (secondary N) is 2. The summed E-state index contributed by atoms with van der Waals surface area (Å²) in [4.78, 5) is 25.7. The zero-order valence-electron chi connectivity index (χ0n) is 12.6. The van der Waals surface area contributed by atoms with E-state index in [2.05, 4.69) is 35.4 Å². The number of carbonyl (C=O) groups excluding carboxylic acids is 1. The highest BCUT2D eigenvalue weighted by molar-refractivity contribution is 7.99. The Morgan fingerprint density at radius 3 is 2.96 bits per heavy atom. The van der Waals surface area contributed by atoms with E-state index in [1.165, 1.54) is 11.1 Å². The van der Waals surface area contributed by atoms with Gasteiger partial charge < -0.3 is 9.73 Å². The molecule has 0 atom stereocenters. The normalized spacial score (nSPS) is 10.8. The third-order valence-corrected chi connectivity index (χ3v) is 4.29. The van der Waals surface area contributed by atoms with Crippen molar-refractivity contribution in [2.75, 3.05) is 11.1 Å². The average Bonchev–Trinajstić information content (AvgIpc) is 2.86. The summed E-state index contributed by atoms with van der Waals surface area (Å²) < 4.78 is 4.92. The number of aromatic amines is 1. The number of carbonyl (C=O) groups is 1. The van der Waals surface area contributed by atoms with Crippen LogP contribution in [0.1, 0.15) is 11.1 Å². The molecule has 5 nitrogen and oxygen atoms in total. The predicted molar refractivity (Wildman–Crippen MR) is 92.8 cm³/mol. The highest BCUT2D eigenvalue weighted by Crippen LogP contribution is 2.17. The molecule has 0 saturated carbocycles. The molecule has 2 aromatic carbocycles. The third kappa shape index (κ3) is 4.04. The van der Waals surface area contributed by atoms with Crippen molar-refractivity contribution in [3.05, 3.63) is 64.1 Å². The Morgan fingerprint density at radius 2 is 2.13 bits per heavy atom. The molecule has 0 aliphatic heterocycles. The second-order valence-electron chi connectivity index (χ2n) is 5.26. The first-order valence-corrected chi connectivity index (χ1v) is 8.32. The Balaban J connectivity index is 1.54. The van der Waals surface area contributed by atoms with Gasteiger partial charge in [-0.15, -0.1) is 11.8 Å². The summed E-state index contributed by atoms with van der Waals surface area (Å²) >= 11 is 1.56. The zero-order chi connectivity index (χ0) is 16.2. The van der Waals surface area contributed by atoms with Crippen molar-refractivity contribution in [1.82, 2.24) is 4.98 Å². The molecule has 6 heteroatoms. The average molecular weight is 328 g/mol. The maximum Gasteiger partial charge on any atom is 0.417 e. The minimum atomic E-state index is -0.503. The number of aryl methyl sites for hydroxylation is 1. The smallest absolute Gasteiger partial charge is 0.408 e. The molecule has 2 N–H and O–H groups in total. The Labute approximate surface area is 137 Å². The molecule has 0 bridgehead atoms. The van der Waals surface area contributed by atoms with E-state index in [1.54, 1.807) is 30.0 Å². The van der Waals surface area contributed by atoms with Crippen LogP contribution >= 0.6 is 11.8 Å². The number of rotatable bonds is 5. The monoisotopic (exact) mass is 328 g/mol. The Bertz CT molecular complexity index is 898.